The number of rotatable bonds is 0. The average Bonchev–Trinajstić information content (AvgIpc) is 2.54. The number of fused-ring (bicyclic) bond motifs is 3. The van der Waals surface area contributed by atoms with Gasteiger partial charge < -0.3 is 0 Å². The lowest BCUT2D eigenvalue weighted by Gasteiger charge is -2.28. The average molecular weight is 202 g/mol. The predicted octanol–water partition coefficient (Wildman–Crippen LogP) is 4.19. The van der Waals surface area contributed by atoms with Crippen molar-refractivity contribution in [3.63, 3.8) is 0 Å². The summed E-state index contributed by atoms with van der Waals surface area (Å²) in [5.41, 5.74) is 0. The fourth-order valence-corrected chi connectivity index (χ4v) is 4.28. The van der Waals surface area contributed by atoms with Crippen LogP contribution in [-0.2, 0) is 0 Å². The molecule has 3 aliphatic rings. The lowest BCUT2D eigenvalue weighted by atomic mass is 9.77. The van der Waals surface area contributed by atoms with E-state index in [1.807, 2.05) is 0 Å². The van der Waals surface area contributed by atoms with Gasteiger partial charge in [-0.15, -0.1) is 0 Å². The molecular weight excluding hydrogens is 180 g/mol. The molecule has 0 N–H and O–H groups in total. The highest BCUT2D eigenvalue weighted by Crippen LogP contribution is 2.52. The second-order valence-electron chi connectivity index (χ2n) is 5.76. The second kappa shape index (κ2) is 3.81. The molecule has 0 heteroatoms. The fourth-order valence-electron chi connectivity index (χ4n) is 4.28. The van der Waals surface area contributed by atoms with Gasteiger partial charge >= 0.3 is 0 Å². The zero-order valence-electron chi connectivity index (χ0n) is 9.73. The van der Waals surface area contributed by atoms with E-state index < -0.39 is 0 Å². The van der Waals surface area contributed by atoms with Crippen molar-refractivity contribution < 1.29 is 0 Å². The van der Waals surface area contributed by atoms with Crippen LogP contribution in [0.15, 0.2) is 24.3 Å². The van der Waals surface area contributed by atoms with Crippen LogP contribution in [0.4, 0.5) is 0 Å². The molecule has 0 bridgehead atoms. The molecule has 3 aliphatic carbocycles. The molecule has 0 aromatic heterocycles. The third-order valence-corrected chi connectivity index (χ3v) is 5.03. The van der Waals surface area contributed by atoms with Gasteiger partial charge in [-0.25, -0.2) is 0 Å². The topological polar surface area (TPSA) is 0 Å². The lowest BCUT2D eigenvalue weighted by Crippen LogP contribution is -2.20. The highest BCUT2D eigenvalue weighted by atomic mass is 14.5. The van der Waals surface area contributed by atoms with Crippen LogP contribution in [0, 0.1) is 29.6 Å². The molecule has 5 unspecified atom stereocenters. The summed E-state index contributed by atoms with van der Waals surface area (Å²) in [6.45, 7) is 2.43. The fraction of sp³-hybridized carbons (Fsp3) is 0.733. The summed E-state index contributed by atoms with van der Waals surface area (Å²) in [5, 5.41) is 0. The maximum absolute atomic E-state index is 2.53. The van der Waals surface area contributed by atoms with Crippen LogP contribution >= 0.6 is 0 Å². The Labute approximate surface area is 93.5 Å². The lowest BCUT2D eigenvalue weighted by molar-refractivity contribution is 0.242. The summed E-state index contributed by atoms with van der Waals surface area (Å²) < 4.78 is 0. The van der Waals surface area contributed by atoms with Gasteiger partial charge in [0.15, 0.2) is 0 Å². The highest BCUT2D eigenvalue weighted by Gasteiger charge is 2.43. The molecule has 0 aliphatic heterocycles. The van der Waals surface area contributed by atoms with Crippen LogP contribution in [0.5, 0.6) is 0 Å². The zero-order valence-corrected chi connectivity index (χ0v) is 9.73. The van der Waals surface area contributed by atoms with Gasteiger partial charge in [-0.3, -0.25) is 0 Å². The van der Waals surface area contributed by atoms with Crippen molar-refractivity contribution in [2.24, 2.45) is 29.6 Å². The van der Waals surface area contributed by atoms with E-state index in [4.69, 9.17) is 0 Å². The monoisotopic (exact) mass is 202 g/mol. The molecule has 0 radical (unpaired) electrons. The number of hydrogen-bond acceptors (Lipinski definition) is 0. The van der Waals surface area contributed by atoms with Crippen molar-refractivity contribution in [1.29, 1.82) is 0 Å². The summed E-state index contributed by atoms with van der Waals surface area (Å²) in [7, 11) is 0. The Bertz CT molecular complexity index is 286. The molecule has 1 saturated carbocycles. The summed E-state index contributed by atoms with van der Waals surface area (Å²) in [5.74, 6) is 4.81. The van der Waals surface area contributed by atoms with Gasteiger partial charge in [-0.1, -0.05) is 31.2 Å². The van der Waals surface area contributed by atoms with Crippen LogP contribution in [0.25, 0.3) is 0 Å². The minimum absolute atomic E-state index is 0.830. The van der Waals surface area contributed by atoms with E-state index in [0.717, 1.165) is 29.6 Å². The van der Waals surface area contributed by atoms with E-state index in [1.165, 1.54) is 32.1 Å². The number of hydrogen-bond donors (Lipinski definition) is 0. The van der Waals surface area contributed by atoms with E-state index in [9.17, 15) is 0 Å². The van der Waals surface area contributed by atoms with E-state index in [-0.39, 0.29) is 0 Å². The van der Waals surface area contributed by atoms with E-state index in [0.29, 0.717) is 0 Å². The van der Waals surface area contributed by atoms with Crippen molar-refractivity contribution in [3.05, 3.63) is 24.3 Å². The SMILES string of the molecule is CC1C=CCCC2C1CC1C=CCCC12. The molecule has 0 aromatic carbocycles. The van der Waals surface area contributed by atoms with Crippen molar-refractivity contribution in [1.82, 2.24) is 0 Å². The van der Waals surface area contributed by atoms with Gasteiger partial charge in [0.1, 0.15) is 0 Å². The molecule has 0 aromatic rings. The smallest absolute Gasteiger partial charge is 0.0199 e. The molecule has 0 saturated heterocycles. The second-order valence-corrected chi connectivity index (χ2v) is 5.76. The molecular formula is C15H22. The van der Waals surface area contributed by atoms with Crippen molar-refractivity contribution in [3.8, 4) is 0 Å². The third-order valence-electron chi connectivity index (χ3n) is 5.03. The molecule has 5 atom stereocenters. The van der Waals surface area contributed by atoms with Gasteiger partial charge in [0.25, 0.3) is 0 Å². The Morgan fingerprint density at radius 1 is 0.867 bits per heavy atom. The molecule has 3 rings (SSSR count). The van der Waals surface area contributed by atoms with Crippen LogP contribution in [0.2, 0.25) is 0 Å². The summed E-state index contributed by atoms with van der Waals surface area (Å²) >= 11 is 0. The minimum Gasteiger partial charge on any atom is -0.0882 e. The largest absolute Gasteiger partial charge is 0.0882 e. The third kappa shape index (κ3) is 1.58. The maximum atomic E-state index is 2.53. The number of allylic oxidation sites excluding steroid dienone is 4. The van der Waals surface area contributed by atoms with Crippen molar-refractivity contribution in [2.45, 2.75) is 39.0 Å². The predicted molar refractivity (Wildman–Crippen MR) is 64.5 cm³/mol. The Hall–Kier alpha value is -0.520. The normalized spacial score (nSPS) is 48.5. The Balaban J connectivity index is 1.85. The van der Waals surface area contributed by atoms with Gasteiger partial charge in [-0.2, -0.15) is 0 Å². The molecule has 82 valence electrons. The van der Waals surface area contributed by atoms with Crippen molar-refractivity contribution in [2.75, 3.05) is 0 Å². The van der Waals surface area contributed by atoms with Crippen LogP contribution < -0.4 is 0 Å². The first kappa shape index (κ1) is 9.69. The zero-order chi connectivity index (χ0) is 10.3. The van der Waals surface area contributed by atoms with E-state index in [2.05, 4.69) is 31.2 Å². The standard InChI is InChI=1S/C15H22/c1-11-6-2-4-9-14-13-8-5-3-7-12(13)10-15(11)14/h2-3,6-7,11-15H,4-5,8-10H2,1H3. The summed E-state index contributed by atoms with van der Waals surface area (Å²) in [4.78, 5) is 0. The highest BCUT2D eigenvalue weighted by molar-refractivity contribution is 5.09. The maximum Gasteiger partial charge on any atom is -0.0199 e. The van der Waals surface area contributed by atoms with Gasteiger partial charge in [0.2, 0.25) is 0 Å². The Kier molecular flexibility index (Phi) is 2.46. The van der Waals surface area contributed by atoms with Gasteiger partial charge in [0.05, 0.1) is 0 Å². The summed E-state index contributed by atoms with van der Waals surface area (Å²) in [6.07, 6.45) is 16.9. The van der Waals surface area contributed by atoms with Crippen LogP contribution in [0.1, 0.15) is 39.0 Å². The van der Waals surface area contributed by atoms with Crippen LogP contribution in [-0.4, -0.2) is 0 Å². The molecule has 0 amide bonds. The summed E-state index contributed by atoms with van der Waals surface area (Å²) in [6, 6.07) is 0. The first-order chi connectivity index (χ1) is 7.36. The molecule has 0 nitrogen and oxygen atoms in total. The first-order valence-corrected chi connectivity index (χ1v) is 6.69. The van der Waals surface area contributed by atoms with E-state index in [1.54, 1.807) is 0 Å². The van der Waals surface area contributed by atoms with Gasteiger partial charge in [0, 0.05) is 0 Å². The first-order valence-electron chi connectivity index (χ1n) is 6.69. The molecule has 0 spiro atoms. The molecule has 0 heterocycles. The Morgan fingerprint density at radius 3 is 2.47 bits per heavy atom. The van der Waals surface area contributed by atoms with Crippen LogP contribution in [0.3, 0.4) is 0 Å². The molecule has 15 heavy (non-hydrogen) atoms. The quantitative estimate of drug-likeness (QED) is 0.517. The molecule has 1 fully saturated rings. The Morgan fingerprint density at radius 2 is 1.60 bits per heavy atom. The van der Waals surface area contributed by atoms with Gasteiger partial charge in [-0.05, 0) is 61.7 Å². The van der Waals surface area contributed by atoms with Crippen molar-refractivity contribution >= 4 is 0 Å². The minimum atomic E-state index is 0.830. The van der Waals surface area contributed by atoms with E-state index >= 15 is 0 Å².